The van der Waals surface area contributed by atoms with E-state index in [1.807, 2.05) is 37.3 Å². The number of benzene rings is 5. The highest BCUT2D eigenvalue weighted by Gasteiger charge is 2.20. The first-order valence-electron chi connectivity index (χ1n) is 18.6. The molecule has 0 radical (unpaired) electrons. The Kier molecular flexibility index (Phi) is 11.7. The Morgan fingerprint density at radius 3 is 2.06 bits per heavy atom. The van der Waals surface area contributed by atoms with Gasteiger partial charge in [0.2, 0.25) is 0 Å². The smallest absolute Gasteiger partial charge is 0.0610 e. The summed E-state index contributed by atoms with van der Waals surface area (Å²) >= 11 is 3.61. The molecule has 2 aliphatic rings. The Morgan fingerprint density at radius 1 is 0.722 bits per heavy atom. The predicted octanol–water partition coefficient (Wildman–Crippen LogP) is 16.0. The third-order valence-corrected chi connectivity index (χ3v) is 11.6. The molecule has 0 saturated heterocycles. The number of anilines is 3. The molecule has 5 aromatic carbocycles. The molecule has 264 valence electrons. The van der Waals surface area contributed by atoms with Gasteiger partial charge in [-0.3, -0.25) is 0 Å². The monoisotopic (exact) mass is 733 g/mol. The molecule has 0 unspecified atom stereocenters. The van der Waals surface area contributed by atoms with Crippen LogP contribution in [0.25, 0.3) is 48.7 Å². The molecule has 0 spiro atoms. The van der Waals surface area contributed by atoms with E-state index in [0.29, 0.717) is 0 Å². The molecule has 0 N–H and O–H groups in total. The second kappa shape index (κ2) is 17.3. The van der Waals surface area contributed by atoms with Crippen LogP contribution in [-0.2, 0) is 0 Å². The summed E-state index contributed by atoms with van der Waals surface area (Å²) in [5, 5.41) is 2.36. The summed E-state index contributed by atoms with van der Waals surface area (Å²) in [6, 6.07) is 44.0. The maximum absolute atomic E-state index is 4.20. The molecule has 6 aromatic rings. The quantitative estimate of drug-likeness (QED) is 0.136. The average Bonchev–Trinajstić information content (AvgIpc) is 3.58. The highest BCUT2D eigenvalue weighted by Crippen LogP contribution is 2.45. The number of nitrogens with zero attached hydrogens (tertiary/aromatic N) is 1. The number of thioether (sulfide) groups is 1. The fraction of sp³-hybridized carbons (Fsp3) is 0.0784. The van der Waals surface area contributed by atoms with Crippen molar-refractivity contribution in [1.29, 1.82) is 0 Å². The van der Waals surface area contributed by atoms with Gasteiger partial charge in [0, 0.05) is 31.4 Å². The van der Waals surface area contributed by atoms with Crippen LogP contribution in [0.3, 0.4) is 0 Å². The van der Waals surface area contributed by atoms with Crippen molar-refractivity contribution >= 4 is 68.0 Å². The normalized spacial score (nSPS) is 13.5. The molecule has 0 fully saturated rings. The topological polar surface area (TPSA) is 3.24 Å². The van der Waals surface area contributed by atoms with E-state index in [-0.39, 0.29) is 0 Å². The number of hydrogen-bond donors (Lipinski definition) is 0. The molecular weight excluding hydrogens is 691 g/mol. The van der Waals surface area contributed by atoms with Gasteiger partial charge < -0.3 is 4.90 Å². The molecule has 1 nitrogen and oxygen atoms in total. The van der Waals surface area contributed by atoms with Crippen molar-refractivity contribution in [2.24, 2.45) is 0 Å². The Morgan fingerprint density at radius 2 is 1.37 bits per heavy atom. The molecule has 1 aliphatic carbocycles. The van der Waals surface area contributed by atoms with Gasteiger partial charge in [-0.15, -0.1) is 17.1 Å². The number of hydrogen-bond acceptors (Lipinski definition) is 3. The largest absolute Gasteiger partial charge is 0.310 e. The number of fused-ring (bicyclic) bond motifs is 1. The number of rotatable bonds is 9. The minimum Gasteiger partial charge on any atom is -0.310 e. The zero-order valence-electron chi connectivity index (χ0n) is 31.0. The zero-order chi connectivity index (χ0) is 37.3. The van der Waals surface area contributed by atoms with Gasteiger partial charge in [-0.05, 0) is 107 Å². The third kappa shape index (κ3) is 7.76. The van der Waals surface area contributed by atoms with Crippen LogP contribution in [0.1, 0.15) is 43.9 Å². The van der Waals surface area contributed by atoms with Crippen molar-refractivity contribution in [1.82, 2.24) is 0 Å². The molecule has 0 bridgehead atoms. The lowest BCUT2D eigenvalue weighted by molar-refractivity contribution is 1.29. The van der Waals surface area contributed by atoms with Gasteiger partial charge in [0.05, 0.1) is 10.6 Å². The van der Waals surface area contributed by atoms with Gasteiger partial charge in [-0.1, -0.05) is 160 Å². The van der Waals surface area contributed by atoms with Crippen LogP contribution in [0, 0.1) is 0 Å². The molecule has 0 atom stereocenters. The lowest BCUT2D eigenvalue weighted by Crippen LogP contribution is -2.11. The summed E-state index contributed by atoms with van der Waals surface area (Å²) in [7, 11) is 0. The number of thiophene rings is 1. The van der Waals surface area contributed by atoms with Gasteiger partial charge in [-0.2, -0.15) is 0 Å². The van der Waals surface area contributed by atoms with Crippen molar-refractivity contribution in [3.8, 4) is 20.9 Å². The highest BCUT2D eigenvalue weighted by molar-refractivity contribution is 8.12. The minimum atomic E-state index is 0.929. The summed E-state index contributed by atoms with van der Waals surface area (Å²) < 4.78 is 0. The Labute approximate surface area is 328 Å². The first-order valence-corrected chi connectivity index (χ1v) is 20.2. The van der Waals surface area contributed by atoms with Crippen LogP contribution in [0.5, 0.6) is 0 Å². The van der Waals surface area contributed by atoms with E-state index in [0.717, 1.165) is 39.5 Å². The van der Waals surface area contributed by atoms with Crippen molar-refractivity contribution in [2.75, 3.05) is 4.90 Å². The molecule has 54 heavy (non-hydrogen) atoms. The van der Waals surface area contributed by atoms with Crippen LogP contribution in [-0.4, -0.2) is 0 Å². The molecule has 1 aliphatic heterocycles. The van der Waals surface area contributed by atoms with Gasteiger partial charge in [-0.25, -0.2) is 0 Å². The fourth-order valence-electron chi connectivity index (χ4n) is 6.77. The van der Waals surface area contributed by atoms with Crippen LogP contribution >= 0.6 is 23.1 Å². The van der Waals surface area contributed by atoms with E-state index >= 15 is 0 Å². The van der Waals surface area contributed by atoms with E-state index < -0.39 is 0 Å². The van der Waals surface area contributed by atoms with E-state index in [1.54, 1.807) is 11.8 Å². The Bertz CT molecular complexity index is 2500. The molecule has 0 amide bonds. The SMILES string of the molecule is C=Cc1c(/C=C\C)cc(N(c2ccc(C3=CC=C=C(C4=CCC=CC=C4)S3)cc2)c2ccc(-c3ccc(-c4ccccc4)s3)cc2)c2ccccc12.CC. The van der Waals surface area contributed by atoms with Crippen molar-refractivity contribution in [3.63, 3.8) is 0 Å². The van der Waals surface area contributed by atoms with E-state index in [1.165, 1.54) is 47.7 Å². The van der Waals surface area contributed by atoms with Gasteiger partial charge >= 0.3 is 0 Å². The van der Waals surface area contributed by atoms with Gasteiger partial charge in [0.25, 0.3) is 0 Å². The summed E-state index contributed by atoms with van der Waals surface area (Å²) in [5.74, 6) is 0. The zero-order valence-corrected chi connectivity index (χ0v) is 32.6. The lowest BCUT2D eigenvalue weighted by Gasteiger charge is -2.28. The maximum Gasteiger partial charge on any atom is 0.0610 e. The fourth-order valence-corrected chi connectivity index (χ4v) is 8.79. The van der Waals surface area contributed by atoms with Crippen LogP contribution in [0.4, 0.5) is 17.1 Å². The Hall–Kier alpha value is -5.83. The predicted molar refractivity (Wildman–Crippen MR) is 242 cm³/mol. The molecular formula is C51H43NS2. The van der Waals surface area contributed by atoms with Gasteiger partial charge in [0.1, 0.15) is 0 Å². The van der Waals surface area contributed by atoms with Crippen molar-refractivity contribution in [2.45, 2.75) is 27.2 Å². The second-order valence-electron chi connectivity index (χ2n) is 12.6. The third-order valence-electron chi connectivity index (χ3n) is 9.29. The summed E-state index contributed by atoms with van der Waals surface area (Å²) in [4.78, 5) is 7.28. The summed E-state index contributed by atoms with van der Waals surface area (Å²) in [6.45, 7) is 10.3. The van der Waals surface area contributed by atoms with E-state index in [2.05, 4.69) is 194 Å². The summed E-state index contributed by atoms with van der Waals surface area (Å²) in [5.41, 5.74) is 13.9. The van der Waals surface area contributed by atoms with E-state index in [4.69, 9.17) is 0 Å². The standard InChI is InChI=1S/C49H37NS2.C2H6/c1-3-15-39-34-45(44-21-13-12-20-43(44)42(39)4-2)50(41-30-26-38(27-31-41)49-33-32-48(52-49)36-18-10-7-11-19-36)40-28-24-37(25-29-40)47-23-14-22-46(51-47)35-16-8-5-6-9-17-35;1-2/h3-8,10-21,23-34H,2,9H2,1H3;1-2H3/b15-3-;. The molecule has 2 heterocycles. The second-order valence-corrected chi connectivity index (χ2v) is 14.7. The van der Waals surface area contributed by atoms with Gasteiger partial charge in [0.15, 0.2) is 0 Å². The molecule has 3 heteroatoms. The first-order chi connectivity index (χ1) is 26.7. The highest BCUT2D eigenvalue weighted by atomic mass is 32.2. The maximum atomic E-state index is 4.20. The van der Waals surface area contributed by atoms with Crippen LogP contribution in [0.2, 0.25) is 0 Å². The van der Waals surface area contributed by atoms with Crippen LogP contribution < -0.4 is 4.90 Å². The molecule has 0 saturated carbocycles. The van der Waals surface area contributed by atoms with Crippen LogP contribution in [0.15, 0.2) is 193 Å². The molecule has 8 rings (SSSR count). The number of allylic oxidation sites excluding steroid dienone is 8. The lowest BCUT2D eigenvalue weighted by atomic mass is 9.95. The van der Waals surface area contributed by atoms with Crippen molar-refractivity contribution < 1.29 is 0 Å². The van der Waals surface area contributed by atoms with E-state index in [9.17, 15) is 0 Å². The van der Waals surface area contributed by atoms with Crippen molar-refractivity contribution in [3.05, 3.63) is 209 Å². The Balaban J connectivity index is 0.00000221. The molecule has 1 aromatic heterocycles. The summed E-state index contributed by atoms with van der Waals surface area (Å²) in [6.07, 6.45) is 22.2. The minimum absolute atomic E-state index is 0.929. The first kappa shape index (κ1) is 36.5. The average molecular weight is 734 g/mol.